The van der Waals surface area contributed by atoms with E-state index in [1.807, 2.05) is 0 Å². The molecule has 1 heterocycles. The van der Waals surface area contributed by atoms with Crippen molar-refractivity contribution in [2.45, 2.75) is 39.2 Å². The maximum atomic E-state index is 11.9. The molecule has 0 unspecified atom stereocenters. The molecule has 0 saturated heterocycles. The summed E-state index contributed by atoms with van der Waals surface area (Å²) in [4.78, 5) is 28.1. The topological polar surface area (TPSA) is 103 Å². The Morgan fingerprint density at radius 1 is 1.07 bits per heavy atom. The number of aromatic nitrogens is 1. The van der Waals surface area contributed by atoms with Gasteiger partial charge in [0.25, 0.3) is 0 Å². The quantitative estimate of drug-likeness (QED) is 0.591. The van der Waals surface area contributed by atoms with Crippen LogP contribution >= 0.6 is 0 Å². The zero-order chi connectivity index (χ0) is 21.3. The summed E-state index contributed by atoms with van der Waals surface area (Å²) in [7, 11) is 0. The van der Waals surface area contributed by atoms with Crippen LogP contribution in [0.2, 0.25) is 0 Å². The molecule has 1 aliphatic carbocycles. The van der Waals surface area contributed by atoms with Crippen molar-refractivity contribution in [1.29, 1.82) is 0 Å². The number of anilines is 2. The number of nitrogens with one attached hydrogen (secondary N) is 2. The number of nitrogens with zero attached hydrogens (tertiary/aromatic N) is 1. The largest absolute Gasteiger partial charge is 0.457 e. The number of benzene rings is 2. The number of fused-ring (bicyclic) bond motifs is 1. The van der Waals surface area contributed by atoms with Crippen molar-refractivity contribution in [3.05, 3.63) is 42.5 Å². The van der Waals surface area contributed by atoms with E-state index in [2.05, 4.69) is 15.6 Å². The normalized spacial score (nSPS) is 13.7. The van der Waals surface area contributed by atoms with Gasteiger partial charge in [-0.1, -0.05) is 6.07 Å². The number of hydrogen-bond donors (Lipinski definition) is 2. The molecule has 0 radical (unpaired) electrons. The van der Waals surface area contributed by atoms with Crippen molar-refractivity contribution in [2.75, 3.05) is 10.6 Å². The van der Waals surface area contributed by atoms with Crippen LogP contribution in [0, 0.1) is 5.92 Å². The molecular formula is C22H23N3O5. The lowest BCUT2D eigenvalue weighted by Crippen LogP contribution is -2.27. The third kappa shape index (κ3) is 5.08. The van der Waals surface area contributed by atoms with Gasteiger partial charge in [0.1, 0.15) is 22.6 Å². The molecule has 1 aliphatic rings. The van der Waals surface area contributed by atoms with Gasteiger partial charge in [0.2, 0.25) is 5.91 Å². The molecule has 2 amide bonds. The maximum Gasteiger partial charge on any atom is 0.412 e. The van der Waals surface area contributed by atoms with E-state index in [4.69, 9.17) is 13.9 Å². The SMILES string of the molecule is CC(C)(C)OC(=O)Nc1cccc(Oc2ccc3nc(NC(=O)C4CC4)oc3c2)c1. The van der Waals surface area contributed by atoms with Crippen molar-refractivity contribution in [1.82, 2.24) is 4.98 Å². The van der Waals surface area contributed by atoms with Crippen molar-refractivity contribution in [3.63, 3.8) is 0 Å². The molecule has 0 atom stereocenters. The second kappa shape index (κ2) is 7.70. The zero-order valence-corrected chi connectivity index (χ0v) is 17.0. The first-order valence-electron chi connectivity index (χ1n) is 9.74. The smallest absolute Gasteiger partial charge is 0.412 e. The highest BCUT2D eigenvalue weighted by Gasteiger charge is 2.30. The summed E-state index contributed by atoms with van der Waals surface area (Å²) in [6.07, 6.45) is 1.28. The highest BCUT2D eigenvalue weighted by Crippen LogP contribution is 2.32. The Labute approximate surface area is 173 Å². The highest BCUT2D eigenvalue weighted by atomic mass is 16.6. The summed E-state index contributed by atoms with van der Waals surface area (Å²) in [5.74, 6) is 1.07. The second-order valence-corrected chi connectivity index (χ2v) is 8.17. The van der Waals surface area contributed by atoms with E-state index in [0.717, 1.165) is 12.8 Å². The number of carbonyl (C=O) groups excluding carboxylic acids is 2. The van der Waals surface area contributed by atoms with Gasteiger partial charge in [0.15, 0.2) is 5.58 Å². The summed E-state index contributed by atoms with van der Waals surface area (Å²) in [5.41, 5.74) is 1.09. The zero-order valence-electron chi connectivity index (χ0n) is 17.0. The molecule has 4 rings (SSSR count). The van der Waals surface area contributed by atoms with Gasteiger partial charge < -0.3 is 13.9 Å². The summed E-state index contributed by atoms with van der Waals surface area (Å²) in [5, 5.41) is 5.37. The van der Waals surface area contributed by atoms with E-state index in [1.54, 1.807) is 63.2 Å². The van der Waals surface area contributed by atoms with Gasteiger partial charge in [-0.15, -0.1) is 0 Å². The Bertz CT molecular complexity index is 1100. The van der Waals surface area contributed by atoms with Crippen LogP contribution < -0.4 is 15.4 Å². The average molecular weight is 409 g/mol. The van der Waals surface area contributed by atoms with Crippen LogP contribution in [0.3, 0.4) is 0 Å². The van der Waals surface area contributed by atoms with Crippen LogP contribution in [0.4, 0.5) is 16.5 Å². The van der Waals surface area contributed by atoms with Crippen LogP contribution in [-0.2, 0) is 9.53 Å². The third-order valence-corrected chi connectivity index (χ3v) is 4.25. The number of ether oxygens (including phenoxy) is 2. The van der Waals surface area contributed by atoms with E-state index < -0.39 is 11.7 Å². The van der Waals surface area contributed by atoms with Gasteiger partial charge in [-0.25, -0.2) is 4.79 Å². The Morgan fingerprint density at radius 2 is 1.83 bits per heavy atom. The second-order valence-electron chi connectivity index (χ2n) is 8.17. The number of oxazole rings is 1. The molecule has 1 fully saturated rings. The van der Waals surface area contributed by atoms with Gasteiger partial charge in [0.05, 0.1) is 0 Å². The van der Waals surface area contributed by atoms with Crippen molar-refractivity contribution in [3.8, 4) is 11.5 Å². The molecule has 8 heteroatoms. The lowest BCUT2D eigenvalue weighted by Gasteiger charge is -2.19. The van der Waals surface area contributed by atoms with Gasteiger partial charge in [-0.2, -0.15) is 4.98 Å². The average Bonchev–Trinajstić information content (AvgIpc) is 3.41. The molecule has 1 saturated carbocycles. The fourth-order valence-corrected chi connectivity index (χ4v) is 2.77. The molecule has 0 bridgehead atoms. The van der Waals surface area contributed by atoms with Gasteiger partial charge in [-0.3, -0.25) is 15.4 Å². The first-order valence-corrected chi connectivity index (χ1v) is 9.74. The van der Waals surface area contributed by atoms with E-state index >= 15 is 0 Å². The van der Waals surface area contributed by atoms with Crippen LogP contribution in [0.25, 0.3) is 11.1 Å². The number of rotatable bonds is 5. The lowest BCUT2D eigenvalue weighted by molar-refractivity contribution is -0.117. The van der Waals surface area contributed by atoms with Crippen molar-refractivity contribution >= 4 is 34.8 Å². The molecule has 3 aromatic rings. The predicted molar refractivity (Wildman–Crippen MR) is 112 cm³/mol. The van der Waals surface area contributed by atoms with E-state index in [0.29, 0.717) is 28.3 Å². The van der Waals surface area contributed by atoms with Crippen LogP contribution in [0.1, 0.15) is 33.6 Å². The minimum absolute atomic E-state index is 0.0627. The van der Waals surface area contributed by atoms with E-state index in [-0.39, 0.29) is 17.8 Å². The van der Waals surface area contributed by atoms with Crippen LogP contribution in [0.15, 0.2) is 46.9 Å². The summed E-state index contributed by atoms with van der Waals surface area (Å²) < 4.78 is 16.8. The minimum atomic E-state index is -0.582. The standard InChI is InChI=1S/C22H23N3O5/c1-22(2,3)30-21(27)23-14-5-4-6-15(11-14)28-16-9-10-17-18(12-16)29-20(24-17)25-19(26)13-7-8-13/h4-6,9-13H,7-8H2,1-3H3,(H,23,27)(H,24,25,26). The monoisotopic (exact) mass is 409 g/mol. The number of carbonyl (C=O) groups is 2. The maximum absolute atomic E-state index is 11.9. The van der Waals surface area contributed by atoms with Crippen molar-refractivity contribution in [2.24, 2.45) is 5.92 Å². The molecule has 2 N–H and O–H groups in total. The van der Waals surface area contributed by atoms with Crippen molar-refractivity contribution < 1.29 is 23.5 Å². The molecule has 0 aliphatic heterocycles. The third-order valence-electron chi connectivity index (χ3n) is 4.25. The Morgan fingerprint density at radius 3 is 2.57 bits per heavy atom. The lowest BCUT2D eigenvalue weighted by atomic mass is 10.2. The van der Waals surface area contributed by atoms with E-state index in [1.165, 1.54) is 0 Å². The first-order chi connectivity index (χ1) is 14.2. The first kappa shape index (κ1) is 19.8. The Balaban J connectivity index is 1.44. The Hall–Kier alpha value is -3.55. The summed E-state index contributed by atoms with van der Waals surface area (Å²) in [6.45, 7) is 5.40. The molecule has 2 aromatic carbocycles. The van der Waals surface area contributed by atoms with E-state index in [9.17, 15) is 9.59 Å². The molecule has 8 nitrogen and oxygen atoms in total. The number of hydrogen-bond acceptors (Lipinski definition) is 6. The highest BCUT2D eigenvalue weighted by molar-refractivity contribution is 5.93. The fraction of sp³-hybridized carbons (Fsp3) is 0.318. The molecule has 30 heavy (non-hydrogen) atoms. The van der Waals surface area contributed by atoms with Gasteiger partial charge in [-0.05, 0) is 57.9 Å². The van der Waals surface area contributed by atoms with Gasteiger partial charge >= 0.3 is 12.1 Å². The molecule has 156 valence electrons. The fourth-order valence-electron chi connectivity index (χ4n) is 2.77. The Kier molecular flexibility index (Phi) is 5.07. The minimum Gasteiger partial charge on any atom is -0.457 e. The summed E-state index contributed by atoms with van der Waals surface area (Å²) in [6, 6.07) is 12.4. The molecule has 1 aromatic heterocycles. The summed E-state index contributed by atoms with van der Waals surface area (Å²) >= 11 is 0. The van der Waals surface area contributed by atoms with Crippen LogP contribution in [0.5, 0.6) is 11.5 Å². The van der Waals surface area contributed by atoms with Crippen LogP contribution in [-0.4, -0.2) is 22.6 Å². The molecule has 0 spiro atoms. The predicted octanol–water partition coefficient (Wildman–Crippen LogP) is 5.32. The van der Waals surface area contributed by atoms with Gasteiger partial charge in [0, 0.05) is 23.7 Å². The molecular weight excluding hydrogens is 386 g/mol. The number of amides is 2.